The number of amides is 3. The average molecular weight is 607 g/mol. The Labute approximate surface area is 260 Å². The summed E-state index contributed by atoms with van der Waals surface area (Å²) in [5.41, 5.74) is -0.0858. The molecular weight excluding hydrogens is 560 g/mol. The lowest BCUT2D eigenvalue weighted by Gasteiger charge is -2.52. The Morgan fingerprint density at radius 1 is 1.05 bits per heavy atom. The fourth-order valence-electron chi connectivity index (χ4n) is 6.94. The van der Waals surface area contributed by atoms with Gasteiger partial charge in [-0.25, -0.2) is 0 Å². The molecular formula is C34H46N4O6. The van der Waals surface area contributed by atoms with Crippen molar-refractivity contribution in [2.45, 2.75) is 88.4 Å². The predicted molar refractivity (Wildman–Crippen MR) is 167 cm³/mol. The van der Waals surface area contributed by atoms with Gasteiger partial charge >= 0.3 is 0 Å². The highest BCUT2D eigenvalue weighted by atomic mass is 16.5. The van der Waals surface area contributed by atoms with Crippen molar-refractivity contribution < 1.29 is 29.0 Å². The lowest BCUT2D eigenvalue weighted by atomic mass is 9.80. The van der Waals surface area contributed by atoms with Crippen LogP contribution in [0.5, 0.6) is 17.2 Å². The molecule has 3 fully saturated rings. The predicted octanol–water partition coefficient (Wildman–Crippen LogP) is 4.00. The Bertz CT molecular complexity index is 1330. The molecule has 3 N–H and O–H groups in total. The summed E-state index contributed by atoms with van der Waals surface area (Å²) in [6.45, 7) is 4.79. The number of rotatable bonds is 11. The molecule has 1 spiro atoms. The van der Waals surface area contributed by atoms with Crippen LogP contribution in [0.2, 0.25) is 0 Å². The van der Waals surface area contributed by atoms with Crippen LogP contribution in [0.3, 0.4) is 0 Å². The molecule has 3 aliphatic rings. The van der Waals surface area contributed by atoms with Gasteiger partial charge in [-0.15, -0.1) is 0 Å². The number of piperazine rings is 1. The van der Waals surface area contributed by atoms with Crippen LogP contribution in [-0.2, 0) is 16.1 Å². The van der Waals surface area contributed by atoms with Gasteiger partial charge in [0.2, 0.25) is 11.8 Å². The molecule has 44 heavy (non-hydrogen) atoms. The summed E-state index contributed by atoms with van der Waals surface area (Å²) < 4.78 is 11.5. The molecule has 0 bridgehead atoms. The summed E-state index contributed by atoms with van der Waals surface area (Å²) in [5.74, 6) is 1.33. The third-order valence-corrected chi connectivity index (χ3v) is 9.56. The minimum absolute atomic E-state index is 0.0395. The Morgan fingerprint density at radius 2 is 1.75 bits per heavy atom. The minimum Gasteiger partial charge on any atom is -0.493 e. The summed E-state index contributed by atoms with van der Waals surface area (Å²) in [4.78, 5) is 43.6. The molecule has 3 amide bonds. The molecule has 10 nitrogen and oxygen atoms in total. The van der Waals surface area contributed by atoms with Crippen molar-refractivity contribution in [2.24, 2.45) is 0 Å². The van der Waals surface area contributed by atoms with E-state index in [0.717, 1.165) is 37.8 Å². The van der Waals surface area contributed by atoms with Crippen molar-refractivity contribution in [2.75, 3.05) is 33.8 Å². The molecule has 10 heteroatoms. The second-order valence-corrected chi connectivity index (χ2v) is 12.5. The SMILES string of the molecule is CCCCN1C(=O)[C@@H](CC2(O)CCCC2)NC(=O)C12CCN(Cc1ccc(Oc3ccc(C(=O)NC)cc3OC)cc1)CC2. The van der Waals surface area contributed by atoms with Gasteiger partial charge in [0.25, 0.3) is 5.91 Å². The first-order valence-electron chi connectivity index (χ1n) is 15.9. The van der Waals surface area contributed by atoms with E-state index in [1.54, 1.807) is 25.2 Å². The normalized spacial score (nSPS) is 21.3. The molecule has 2 aromatic rings. The van der Waals surface area contributed by atoms with Crippen molar-refractivity contribution in [1.29, 1.82) is 0 Å². The average Bonchev–Trinajstić information content (AvgIpc) is 3.47. The standard InChI is InChI=1S/C34H46N4O6/c1-4-5-18-38-31(40)27(22-33(42)14-6-7-15-33)36-32(41)34(38)16-19-37(20-17-34)23-24-8-11-26(12-9-24)44-28-13-10-25(30(39)35-2)21-29(28)43-3/h8-13,21,27,42H,4-7,14-20,22-23H2,1-3H3,(H,35,39)(H,36,41)/t27-/m1/s1. The van der Waals surface area contributed by atoms with Gasteiger partial charge in [0.15, 0.2) is 11.5 Å². The molecule has 5 rings (SSSR count). The van der Waals surface area contributed by atoms with Crippen LogP contribution in [-0.4, -0.2) is 83.6 Å². The zero-order valence-corrected chi connectivity index (χ0v) is 26.2. The van der Waals surface area contributed by atoms with Crippen LogP contribution < -0.4 is 20.1 Å². The number of carbonyl (C=O) groups excluding carboxylic acids is 3. The number of nitrogens with zero attached hydrogens (tertiary/aromatic N) is 2. The molecule has 1 aliphatic carbocycles. The van der Waals surface area contributed by atoms with Gasteiger partial charge in [-0.2, -0.15) is 0 Å². The first-order valence-corrected chi connectivity index (χ1v) is 15.9. The van der Waals surface area contributed by atoms with Crippen LogP contribution in [0.25, 0.3) is 0 Å². The second kappa shape index (κ2) is 13.6. The van der Waals surface area contributed by atoms with Crippen LogP contribution in [0.15, 0.2) is 42.5 Å². The van der Waals surface area contributed by atoms with E-state index < -0.39 is 17.2 Å². The second-order valence-electron chi connectivity index (χ2n) is 12.5. The van der Waals surface area contributed by atoms with E-state index >= 15 is 0 Å². The summed E-state index contributed by atoms with van der Waals surface area (Å²) in [6, 6.07) is 12.3. The highest BCUT2D eigenvalue weighted by Crippen LogP contribution is 2.38. The number of unbranched alkanes of at least 4 members (excludes halogenated alkanes) is 1. The van der Waals surface area contributed by atoms with Gasteiger partial charge in [-0.3, -0.25) is 19.3 Å². The van der Waals surface area contributed by atoms with E-state index in [9.17, 15) is 19.5 Å². The molecule has 2 aliphatic heterocycles. The van der Waals surface area contributed by atoms with Crippen LogP contribution in [0, 0.1) is 0 Å². The summed E-state index contributed by atoms with van der Waals surface area (Å²) in [7, 11) is 3.12. The van der Waals surface area contributed by atoms with E-state index in [0.29, 0.717) is 74.6 Å². The Kier molecular flexibility index (Phi) is 9.80. The molecule has 1 saturated carbocycles. The number of ether oxygens (including phenoxy) is 2. The van der Waals surface area contributed by atoms with Gasteiger partial charge in [-0.05, 0) is 68.0 Å². The van der Waals surface area contributed by atoms with Gasteiger partial charge in [-0.1, -0.05) is 38.3 Å². The lowest BCUT2D eigenvalue weighted by Crippen LogP contribution is -2.73. The molecule has 0 unspecified atom stereocenters. The Morgan fingerprint density at radius 3 is 2.39 bits per heavy atom. The monoisotopic (exact) mass is 606 g/mol. The van der Waals surface area contributed by atoms with Gasteiger partial charge in [0, 0.05) is 45.2 Å². The first-order chi connectivity index (χ1) is 21.2. The van der Waals surface area contributed by atoms with Crippen molar-refractivity contribution in [3.63, 3.8) is 0 Å². The highest BCUT2D eigenvalue weighted by Gasteiger charge is 2.54. The molecule has 238 valence electrons. The van der Waals surface area contributed by atoms with Gasteiger partial charge in [0.1, 0.15) is 17.3 Å². The maximum absolute atomic E-state index is 13.8. The van der Waals surface area contributed by atoms with Crippen molar-refractivity contribution in [1.82, 2.24) is 20.4 Å². The molecule has 2 heterocycles. The number of nitrogens with one attached hydrogen (secondary N) is 2. The maximum Gasteiger partial charge on any atom is 0.251 e. The largest absolute Gasteiger partial charge is 0.493 e. The zero-order chi connectivity index (χ0) is 31.3. The van der Waals surface area contributed by atoms with Gasteiger partial charge < -0.3 is 30.1 Å². The number of carbonyl (C=O) groups is 3. The number of hydrogen-bond acceptors (Lipinski definition) is 7. The van der Waals surface area contributed by atoms with E-state index in [-0.39, 0.29) is 17.7 Å². The van der Waals surface area contributed by atoms with Crippen LogP contribution in [0.4, 0.5) is 0 Å². The van der Waals surface area contributed by atoms with E-state index in [1.165, 1.54) is 7.11 Å². The third-order valence-electron chi connectivity index (χ3n) is 9.56. The minimum atomic E-state index is -0.859. The van der Waals surface area contributed by atoms with Crippen LogP contribution in [0.1, 0.15) is 80.6 Å². The maximum atomic E-state index is 13.8. The van der Waals surface area contributed by atoms with Crippen molar-refractivity contribution in [3.8, 4) is 17.2 Å². The molecule has 2 aromatic carbocycles. The first kappa shape index (κ1) is 31.8. The highest BCUT2D eigenvalue weighted by molar-refractivity contribution is 6.00. The van der Waals surface area contributed by atoms with E-state index in [2.05, 4.69) is 22.5 Å². The van der Waals surface area contributed by atoms with E-state index in [4.69, 9.17) is 9.47 Å². The number of methoxy groups -OCH3 is 1. The lowest BCUT2D eigenvalue weighted by molar-refractivity contribution is -0.163. The quantitative estimate of drug-likeness (QED) is 0.354. The third kappa shape index (κ3) is 6.71. The topological polar surface area (TPSA) is 120 Å². The van der Waals surface area contributed by atoms with Crippen molar-refractivity contribution in [3.05, 3.63) is 53.6 Å². The zero-order valence-electron chi connectivity index (χ0n) is 26.2. The Hall–Kier alpha value is -3.63. The fourth-order valence-corrected chi connectivity index (χ4v) is 6.94. The number of aliphatic hydroxyl groups is 1. The summed E-state index contributed by atoms with van der Waals surface area (Å²) >= 11 is 0. The molecule has 1 atom stereocenters. The number of hydrogen-bond donors (Lipinski definition) is 3. The number of likely N-dealkylation sites (tertiary alicyclic amines) is 1. The number of piperidine rings is 1. The van der Waals surface area contributed by atoms with Gasteiger partial charge in [0.05, 0.1) is 12.7 Å². The Balaban J connectivity index is 1.20. The number of benzene rings is 2. The van der Waals surface area contributed by atoms with Crippen molar-refractivity contribution >= 4 is 17.7 Å². The summed E-state index contributed by atoms with van der Waals surface area (Å²) in [6.07, 6.45) is 6.56. The molecule has 0 radical (unpaired) electrons. The summed E-state index contributed by atoms with van der Waals surface area (Å²) in [5, 5.41) is 16.6. The smallest absolute Gasteiger partial charge is 0.251 e. The fraction of sp³-hybridized carbons (Fsp3) is 0.559. The van der Waals surface area contributed by atoms with Crippen LogP contribution >= 0.6 is 0 Å². The molecule has 0 aromatic heterocycles. The molecule has 2 saturated heterocycles. The van der Waals surface area contributed by atoms with E-state index in [1.807, 2.05) is 29.2 Å².